The molecule has 2 rings (SSSR count). The van der Waals surface area contributed by atoms with Crippen molar-refractivity contribution in [3.05, 3.63) is 56.6 Å². The quantitative estimate of drug-likeness (QED) is 0.652. The summed E-state index contributed by atoms with van der Waals surface area (Å²) >= 11 is 8.20. The van der Waals surface area contributed by atoms with Gasteiger partial charge in [0.2, 0.25) is 0 Å². The third kappa shape index (κ3) is 2.73. The van der Waals surface area contributed by atoms with Crippen LogP contribution in [0.4, 0.5) is 0 Å². The van der Waals surface area contributed by atoms with Crippen molar-refractivity contribution in [1.82, 2.24) is 0 Å². The van der Waals surface area contributed by atoms with Crippen LogP contribution in [0.15, 0.2) is 42.5 Å². The van der Waals surface area contributed by atoms with Gasteiger partial charge in [0.1, 0.15) is 0 Å². The molecule has 0 N–H and O–H groups in total. The highest BCUT2D eigenvalue weighted by Gasteiger charge is 1.99. The smallest absolute Gasteiger partial charge is 0.0406 e. The molecular formula is C13H10ClI. The van der Waals surface area contributed by atoms with Crippen LogP contribution in [0.3, 0.4) is 0 Å². The molecule has 0 fully saturated rings. The number of halogens is 2. The lowest BCUT2D eigenvalue weighted by atomic mass is 10.0. The molecule has 0 aliphatic heterocycles. The Kier molecular flexibility index (Phi) is 3.32. The second kappa shape index (κ2) is 4.54. The van der Waals surface area contributed by atoms with Gasteiger partial charge in [-0.15, -0.1) is 0 Å². The number of benzene rings is 2. The molecule has 2 aromatic rings. The van der Waals surface area contributed by atoms with Gasteiger partial charge in [0.05, 0.1) is 0 Å². The van der Waals surface area contributed by atoms with E-state index in [9.17, 15) is 0 Å². The molecule has 76 valence electrons. The third-order valence-corrected chi connectivity index (χ3v) is 3.09. The molecule has 0 saturated carbocycles. The second-order valence-corrected chi connectivity index (χ2v) is 5.21. The van der Waals surface area contributed by atoms with E-state index in [4.69, 9.17) is 11.6 Å². The lowest BCUT2D eigenvalue weighted by Crippen LogP contribution is -1.82. The highest BCUT2D eigenvalue weighted by Crippen LogP contribution is 2.24. The molecular weight excluding hydrogens is 319 g/mol. The molecule has 2 aromatic carbocycles. The van der Waals surface area contributed by atoms with E-state index >= 15 is 0 Å². The lowest BCUT2D eigenvalue weighted by molar-refractivity contribution is 1.44. The lowest BCUT2D eigenvalue weighted by Gasteiger charge is -2.04. The summed E-state index contributed by atoms with van der Waals surface area (Å²) in [7, 11) is 0. The van der Waals surface area contributed by atoms with Gasteiger partial charge in [-0.3, -0.25) is 0 Å². The number of hydrogen-bond donors (Lipinski definition) is 0. The van der Waals surface area contributed by atoms with Crippen LogP contribution in [-0.2, 0) is 0 Å². The Balaban J connectivity index is 2.49. The fourth-order valence-corrected chi connectivity index (χ4v) is 2.50. The maximum atomic E-state index is 5.86. The largest absolute Gasteiger partial charge is 0.0843 e. The average Bonchev–Trinajstić information content (AvgIpc) is 2.17. The van der Waals surface area contributed by atoms with Gasteiger partial charge < -0.3 is 0 Å². The van der Waals surface area contributed by atoms with Crippen molar-refractivity contribution < 1.29 is 0 Å². The number of aryl methyl sites for hydroxylation is 1. The molecule has 0 aromatic heterocycles. The van der Waals surface area contributed by atoms with Crippen LogP contribution in [0.25, 0.3) is 11.1 Å². The Labute approximate surface area is 108 Å². The van der Waals surface area contributed by atoms with Gasteiger partial charge in [-0.1, -0.05) is 29.8 Å². The predicted molar refractivity (Wildman–Crippen MR) is 74.3 cm³/mol. The van der Waals surface area contributed by atoms with Crippen molar-refractivity contribution in [1.29, 1.82) is 0 Å². The maximum Gasteiger partial charge on any atom is 0.0406 e. The molecule has 0 saturated heterocycles. The summed E-state index contributed by atoms with van der Waals surface area (Å²) in [5.74, 6) is 0. The van der Waals surface area contributed by atoms with E-state index < -0.39 is 0 Å². The molecule has 0 aliphatic carbocycles. The summed E-state index contributed by atoms with van der Waals surface area (Å²) in [6.07, 6.45) is 0. The minimum atomic E-state index is 0.779. The highest BCUT2D eigenvalue weighted by atomic mass is 127. The van der Waals surface area contributed by atoms with Crippen molar-refractivity contribution in [3.63, 3.8) is 0 Å². The van der Waals surface area contributed by atoms with E-state index in [1.165, 1.54) is 20.3 Å². The fraction of sp³-hybridized carbons (Fsp3) is 0.0769. The molecule has 0 nitrogen and oxygen atoms in total. The number of hydrogen-bond acceptors (Lipinski definition) is 0. The second-order valence-electron chi connectivity index (χ2n) is 3.52. The van der Waals surface area contributed by atoms with Crippen molar-refractivity contribution in [3.8, 4) is 11.1 Å². The average molecular weight is 329 g/mol. The van der Waals surface area contributed by atoms with E-state index in [1.807, 2.05) is 24.3 Å². The Morgan fingerprint density at radius 1 is 0.933 bits per heavy atom. The van der Waals surface area contributed by atoms with Gasteiger partial charge in [-0.05, 0) is 70.5 Å². The fourth-order valence-electron chi connectivity index (χ4n) is 1.55. The summed E-state index contributed by atoms with van der Waals surface area (Å²) in [4.78, 5) is 0. The maximum absolute atomic E-state index is 5.86. The molecule has 0 aliphatic rings. The van der Waals surface area contributed by atoms with E-state index in [-0.39, 0.29) is 0 Å². The molecule has 0 unspecified atom stereocenters. The zero-order valence-corrected chi connectivity index (χ0v) is 11.2. The minimum Gasteiger partial charge on any atom is -0.0843 e. The first-order valence-electron chi connectivity index (χ1n) is 4.68. The van der Waals surface area contributed by atoms with E-state index in [1.54, 1.807) is 0 Å². The van der Waals surface area contributed by atoms with Crippen molar-refractivity contribution in [2.24, 2.45) is 0 Å². The normalized spacial score (nSPS) is 10.3. The SMILES string of the molecule is Cc1cc(I)cc(-c2ccc(Cl)cc2)c1. The Hall–Kier alpha value is -0.540. The standard InChI is InChI=1S/C13H10ClI/c1-9-6-11(8-13(15)7-9)10-2-4-12(14)5-3-10/h2-8H,1H3. The molecule has 0 atom stereocenters. The van der Waals surface area contributed by atoms with Gasteiger partial charge in [0.15, 0.2) is 0 Å². The van der Waals surface area contributed by atoms with Gasteiger partial charge >= 0.3 is 0 Å². The van der Waals surface area contributed by atoms with Crippen LogP contribution in [-0.4, -0.2) is 0 Å². The van der Waals surface area contributed by atoms with Crippen LogP contribution in [0, 0.1) is 10.5 Å². The van der Waals surface area contributed by atoms with E-state index in [2.05, 4.69) is 47.7 Å². The molecule has 0 spiro atoms. The van der Waals surface area contributed by atoms with Crippen LogP contribution in [0.5, 0.6) is 0 Å². The zero-order valence-electron chi connectivity index (χ0n) is 8.30. The highest BCUT2D eigenvalue weighted by molar-refractivity contribution is 14.1. The van der Waals surface area contributed by atoms with Crippen LogP contribution < -0.4 is 0 Å². The number of rotatable bonds is 1. The van der Waals surface area contributed by atoms with Crippen LogP contribution in [0.2, 0.25) is 5.02 Å². The van der Waals surface area contributed by atoms with Gasteiger partial charge in [-0.25, -0.2) is 0 Å². The van der Waals surface area contributed by atoms with Crippen molar-refractivity contribution in [2.75, 3.05) is 0 Å². The summed E-state index contributed by atoms with van der Waals surface area (Å²) in [5.41, 5.74) is 3.74. The molecule has 15 heavy (non-hydrogen) atoms. The minimum absolute atomic E-state index is 0.779. The predicted octanol–water partition coefficient (Wildman–Crippen LogP) is 4.92. The van der Waals surface area contributed by atoms with E-state index in [0.717, 1.165) is 5.02 Å². The van der Waals surface area contributed by atoms with Gasteiger partial charge in [0, 0.05) is 8.59 Å². The summed E-state index contributed by atoms with van der Waals surface area (Å²) in [6.45, 7) is 2.11. The molecule has 0 radical (unpaired) electrons. The topological polar surface area (TPSA) is 0 Å². The van der Waals surface area contributed by atoms with Gasteiger partial charge in [0.25, 0.3) is 0 Å². The van der Waals surface area contributed by atoms with Gasteiger partial charge in [-0.2, -0.15) is 0 Å². The van der Waals surface area contributed by atoms with E-state index in [0.29, 0.717) is 0 Å². The Bertz CT molecular complexity index is 454. The zero-order chi connectivity index (χ0) is 10.8. The first-order valence-corrected chi connectivity index (χ1v) is 6.14. The molecule has 0 heterocycles. The third-order valence-electron chi connectivity index (χ3n) is 2.22. The first-order chi connectivity index (χ1) is 7.15. The first kappa shape index (κ1) is 11.0. The molecule has 0 amide bonds. The van der Waals surface area contributed by atoms with Crippen LogP contribution >= 0.6 is 34.2 Å². The Morgan fingerprint density at radius 3 is 2.20 bits per heavy atom. The summed E-state index contributed by atoms with van der Waals surface area (Å²) < 4.78 is 1.26. The summed E-state index contributed by atoms with van der Waals surface area (Å²) in [5, 5.41) is 0.779. The molecule has 2 heteroatoms. The van der Waals surface area contributed by atoms with Crippen molar-refractivity contribution in [2.45, 2.75) is 6.92 Å². The molecule has 0 bridgehead atoms. The summed E-state index contributed by atoms with van der Waals surface area (Å²) in [6, 6.07) is 14.5. The Morgan fingerprint density at radius 2 is 1.60 bits per heavy atom. The van der Waals surface area contributed by atoms with Crippen molar-refractivity contribution >= 4 is 34.2 Å². The monoisotopic (exact) mass is 328 g/mol. The van der Waals surface area contributed by atoms with Crippen LogP contribution in [0.1, 0.15) is 5.56 Å².